The van der Waals surface area contributed by atoms with Crippen LogP contribution >= 0.6 is 11.6 Å². The van der Waals surface area contributed by atoms with E-state index in [1.165, 1.54) is 6.92 Å². The molecule has 0 amide bonds. The third-order valence-electron chi connectivity index (χ3n) is 1.51. The molecule has 0 heterocycles. The fourth-order valence-electron chi connectivity index (χ4n) is 0.993. The summed E-state index contributed by atoms with van der Waals surface area (Å²) < 4.78 is 0. The fourth-order valence-corrected chi connectivity index (χ4v) is 1.30. The van der Waals surface area contributed by atoms with E-state index in [-0.39, 0.29) is 5.78 Å². The molecule has 1 rings (SSSR count). The standard InChI is InChI=1S/C9H8ClNO/c1-6(12)9-7(10)4-3-5-8(9)11-2/h3-5H,2H2,1H3. The Morgan fingerprint density at radius 2 is 2.25 bits per heavy atom. The van der Waals surface area contributed by atoms with Crippen LogP contribution in [-0.2, 0) is 0 Å². The van der Waals surface area contributed by atoms with Gasteiger partial charge in [0.05, 0.1) is 16.3 Å². The number of carbonyl (C=O) groups excluding carboxylic acids is 1. The molecule has 0 unspecified atom stereocenters. The molecule has 2 nitrogen and oxygen atoms in total. The largest absolute Gasteiger partial charge is 0.294 e. The summed E-state index contributed by atoms with van der Waals surface area (Å²) in [6.07, 6.45) is 0. The summed E-state index contributed by atoms with van der Waals surface area (Å²) in [6, 6.07) is 5.10. The van der Waals surface area contributed by atoms with Gasteiger partial charge in [0.25, 0.3) is 0 Å². The topological polar surface area (TPSA) is 29.4 Å². The minimum Gasteiger partial charge on any atom is -0.294 e. The van der Waals surface area contributed by atoms with Gasteiger partial charge in [0.1, 0.15) is 0 Å². The normalized spacial score (nSPS) is 9.50. The third-order valence-corrected chi connectivity index (χ3v) is 1.83. The van der Waals surface area contributed by atoms with Gasteiger partial charge >= 0.3 is 0 Å². The Labute approximate surface area is 75.9 Å². The maximum atomic E-state index is 11.1. The third kappa shape index (κ3) is 1.53. The Morgan fingerprint density at radius 3 is 2.67 bits per heavy atom. The number of rotatable bonds is 2. The first kappa shape index (κ1) is 8.94. The smallest absolute Gasteiger partial charge is 0.163 e. The Kier molecular flexibility index (Phi) is 2.61. The van der Waals surface area contributed by atoms with E-state index >= 15 is 0 Å². The zero-order chi connectivity index (χ0) is 9.14. The second-order valence-electron chi connectivity index (χ2n) is 2.35. The second kappa shape index (κ2) is 3.50. The van der Waals surface area contributed by atoms with Crippen LogP contribution in [0.2, 0.25) is 5.02 Å². The van der Waals surface area contributed by atoms with Crippen LogP contribution in [0.15, 0.2) is 23.2 Å². The molecular formula is C9H8ClNO. The number of halogens is 1. The number of aliphatic imine (C=N–C) groups is 1. The first-order chi connectivity index (χ1) is 5.66. The summed E-state index contributed by atoms with van der Waals surface area (Å²) in [6.45, 7) is 4.81. The van der Waals surface area contributed by atoms with Gasteiger partial charge in [-0.2, -0.15) is 0 Å². The van der Waals surface area contributed by atoms with Crippen molar-refractivity contribution in [1.82, 2.24) is 0 Å². The average molecular weight is 182 g/mol. The van der Waals surface area contributed by atoms with Gasteiger partial charge in [-0.05, 0) is 25.8 Å². The van der Waals surface area contributed by atoms with Crippen LogP contribution < -0.4 is 0 Å². The van der Waals surface area contributed by atoms with Gasteiger partial charge in [-0.3, -0.25) is 9.79 Å². The van der Waals surface area contributed by atoms with Crippen molar-refractivity contribution in [3.63, 3.8) is 0 Å². The van der Waals surface area contributed by atoms with E-state index in [1.54, 1.807) is 18.2 Å². The molecule has 0 aliphatic carbocycles. The summed E-state index contributed by atoms with van der Waals surface area (Å²) in [4.78, 5) is 14.8. The molecule has 3 heteroatoms. The van der Waals surface area contributed by atoms with Gasteiger partial charge in [0.15, 0.2) is 5.78 Å². The molecule has 1 aromatic carbocycles. The Hall–Kier alpha value is -1.15. The summed E-state index contributed by atoms with van der Waals surface area (Å²) >= 11 is 5.79. The van der Waals surface area contributed by atoms with Crippen molar-refractivity contribution in [2.45, 2.75) is 6.92 Å². The Balaban J connectivity index is 3.39. The Bertz CT molecular complexity index is 333. The number of Topliss-reactive ketones (excluding diaryl/α,β-unsaturated/α-hetero) is 1. The average Bonchev–Trinajstić information content (AvgIpc) is 2.03. The molecule has 1 aromatic rings. The fraction of sp³-hybridized carbons (Fsp3) is 0.111. The first-order valence-electron chi connectivity index (χ1n) is 3.43. The lowest BCUT2D eigenvalue weighted by molar-refractivity contribution is 0.101. The van der Waals surface area contributed by atoms with Crippen molar-refractivity contribution in [3.8, 4) is 0 Å². The molecule has 0 bridgehead atoms. The molecule has 0 aliphatic rings. The van der Waals surface area contributed by atoms with Crippen molar-refractivity contribution in [2.24, 2.45) is 4.99 Å². The number of carbonyl (C=O) groups is 1. The summed E-state index contributed by atoms with van der Waals surface area (Å²) in [5.74, 6) is -0.0944. The zero-order valence-corrected chi connectivity index (χ0v) is 7.43. The van der Waals surface area contributed by atoms with Crippen LogP contribution in [0, 0.1) is 0 Å². The molecule has 0 saturated carbocycles. The van der Waals surface area contributed by atoms with Crippen LogP contribution in [0.1, 0.15) is 17.3 Å². The van der Waals surface area contributed by atoms with Gasteiger partial charge in [-0.1, -0.05) is 17.7 Å². The molecule has 0 aromatic heterocycles. The molecule has 0 aliphatic heterocycles. The number of hydrogen-bond acceptors (Lipinski definition) is 2. The van der Waals surface area contributed by atoms with Gasteiger partial charge < -0.3 is 0 Å². The van der Waals surface area contributed by atoms with E-state index in [0.29, 0.717) is 16.3 Å². The highest BCUT2D eigenvalue weighted by atomic mass is 35.5. The quantitative estimate of drug-likeness (QED) is 0.510. The predicted molar refractivity (Wildman–Crippen MR) is 50.7 cm³/mol. The van der Waals surface area contributed by atoms with E-state index in [4.69, 9.17) is 11.6 Å². The van der Waals surface area contributed by atoms with Gasteiger partial charge in [0.2, 0.25) is 0 Å². The molecule has 0 atom stereocenters. The summed E-state index contributed by atoms with van der Waals surface area (Å²) in [7, 11) is 0. The number of hydrogen-bond donors (Lipinski definition) is 0. The van der Waals surface area contributed by atoms with Crippen molar-refractivity contribution >= 4 is 29.8 Å². The molecule has 12 heavy (non-hydrogen) atoms. The van der Waals surface area contributed by atoms with Crippen molar-refractivity contribution in [3.05, 3.63) is 28.8 Å². The van der Waals surface area contributed by atoms with E-state index < -0.39 is 0 Å². The van der Waals surface area contributed by atoms with Crippen LogP contribution in [0.5, 0.6) is 0 Å². The van der Waals surface area contributed by atoms with Crippen LogP contribution in [0.3, 0.4) is 0 Å². The lowest BCUT2D eigenvalue weighted by atomic mass is 10.1. The first-order valence-corrected chi connectivity index (χ1v) is 3.80. The van der Waals surface area contributed by atoms with E-state index in [0.717, 1.165) is 0 Å². The molecule has 0 fully saturated rings. The SMILES string of the molecule is C=Nc1cccc(Cl)c1C(C)=O. The highest BCUT2D eigenvalue weighted by Gasteiger charge is 2.09. The highest BCUT2D eigenvalue weighted by molar-refractivity contribution is 6.34. The molecule has 0 spiro atoms. The van der Waals surface area contributed by atoms with E-state index in [9.17, 15) is 4.79 Å². The van der Waals surface area contributed by atoms with Crippen LogP contribution in [0.4, 0.5) is 5.69 Å². The van der Waals surface area contributed by atoms with Crippen molar-refractivity contribution in [1.29, 1.82) is 0 Å². The van der Waals surface area contributed by atoms with Crippen molar-refractivity contribution in [2.75, 3.05) is 0 Å². The van der Waals surface area contributed by atoms with Gasteiger partial charge in [0, 0.05) is 0 Å². The highest BCUT2D eigenvalue weighted by Crippen LogP contribution is 2.26. The monoisotopic (exact) mass is 181 g/mol. The molecular weight excluding hydrogens is 174 g/mol. The molecule has 0 saturated heterocycles. The maximum Gasteiger partial charge on any atom is 0.163 e. The lowest BCUT2D eigenvalue weighted by Gasteiger charge is -2.02. The molecule has 0 radical (unpaired) electrons. The van der Waals surface area contributed by atoms with E-state index in [2.05, 4.69) is 11.7 Å². The number of benzene rings is 1. The Morgan fingerprint density at radius 1 is 1.58 bits per heavy atom. The second-order valence-corrected chi connectivity index (χ2v) is 2.76. The summed E-state index contributed by atoms with van der Waals surface area (Å²) in [5.41, 5.74) is 0.976. The zero-order valence-electron chi connectivity index (χ0n) is 6.67. The van der Waals surface area contributed by atoms with E-state index in [1.807, 2.05) is 0 Å². The minimum absolute atomic E-state index is 0.0944. The maximum absolute atomic E-state index is 11.1. The van der Waals surface area contributed by atoms with Crippen LogP contribution in [0.25, 0.3) is 0 Å². The predicted octanol–water partition coefficient (Wildman–Crippen LogP) is 2.87. The van der Waals surface area contributed by atoms with Gasteiger partial charge in [-0.15, -0.1) is 0 Å². The van der Waals surface area contributed by atoms with Gasteiger partial charge in [-0.25, -0.2) is 0 Å². The van der Waals surface area contributed by atoms with Crippen molar-refractivity contribution < 1.29 is 4.79 Å². The molecule has 62 valence electrons. The summed E-state index contributed by atoms with van der Waals surface area (Å²) in [5, 5.41) is 0.424. The number of ketones is 1. The molecule has 0 N–H and O–H groups in total. The minimum atomic E-state index is -0.0944. The van der Waals surface area contributed by atoms with Crippen LogP contribution in [-0.4, -0.2) is 12.5 Å². The number of nitrogens with zero attached hydrogens (tertiary/aromatic N) is 1. The lowest BCUT2D eigenvalue weighted by Crippen LogP contribution is -1.93.